The van der Waals surface area contributed by atoms with Crippen LogP contribution in [0.5, 0.6) is 0 Å². The van der Waals surface area contributed by atoms with Gasteiger partial charge in [0.1, 0.15) is 0 Å². The highest BCUT2D eigenvalue weighted by atomic mass is 79.9. The molecule has 0 radical (unpaired) electrons. The van der Waals surface area contributed by atoms with Crippen molar-refractivity contribution < 1.29 is 0 Å². The minimum atomic E-state index is 0.661. The number of allylic oxidation sites excluding steroid dienone is 1. The Bertz CT molecular complexity index is 315. The van der Waals surface area contributed by atoms with E-state index in [9.17, 15) is 0 Å². The number of benzene rings is 1. The van der Waals surface area contributed by atoms with Gasteiger partial charge >= 0.3 is 0 Å². The maximum absolute atomic E-state index is 3.47. The number of hydrogen-bond donors (Lipinski definition) is 0. The van der Waals surface area contributed by atoms with Crippen molar-refractivity contribution in [2.45, 2.75) is 18.8 Å². The predicted octanol–water partition coefficient (Wildman–Crippen LogP) is 3.97. The molecule has 0 aromatic heterocycles. The quantitative estimate of drug-likeness (QED) is 0.697. The van der Waals surface area contributed by atoms with Crippen LogP contribution in [0.4, 0.5) is 0 Å². The normalized spacial score (nSPS) is 19.0. The van der Waals surface area contributed by atoms with Crippen molar-refractivity contribution in [3.05, 3.63) is 41.5 Å². The van der Waals surface area contributed by atoms with Crippen LogP contribution in [0.2, 0.25) is 0 Å². The average molecular weight is 237 g/mol. The fourth-order valence-corrected chi connectivity index (χ4v) is 2.20. The van der Waals surface area contributed by atoms with Gasteiger partial charge in [-0.1, -0.05) is 52.3 Å². The molecule has 1 aromatic rings. The second-order valence-electron chi connectivity index (χ2n) is 3.43. The average Bonchev–Trinajstić information content (AvgIpc) is 2.58. The van der Waals surface area contributed by atoms with Crippen molar-refractivity contribution in [2.75, 3.05) is 5.33 Å². The van der Waals surface area contributed by atoms with Crippen LogP contribution in [0.15, 0.2) is 30.3 Å². The van der Waals surface area contributed by atoms with Crippen molar-refractivity contribution in [2.24, 2.45) is 0 Å². The zero-order chi connectivity index (χ0) is 9.10. The van der Waals surface area contributed by atoms with Gasteiger partial charge in [-0.3, -0.25) is 0 Å². The molecule has 0 fully saturated rings. The summed E-state index contributed by atoms with van der Waals surface area (Å²) in [5.41, 5.74) is 2.91. The molecule has 0 saturated heterocycles. The van der Waals surface area contributed by atoms with Crippen LogP contribution >= 0.6 is 15.9 Å². The minimum Gasteiger partial charge on any atom is -0.0928 e. The highest BCUT2D eigenvalue weighted by molar-refractivity contribution is 9.09. The van der Waals surface area contributed by atoms with Gasteiger partial charge in [-0.2, -0.15) is 0 Å². The highest BCUT2D eigenvalue weighted by Gasteiger charge is 2.15. The summed E-state index contributed by atoms with van der Waals surface area (Å²) < 4.78 is 0. The van der Waals surface area contributed by atoms with Gasteiger partial charge in [-0.15, -0.1) is 0 Å². The first-order chi connectivity index (χ1) is 6.42. The van der Waals surface area contributed by atoms with E-state index >= 15 is 0 Å². The lowest BCUT2D eigenvalue weighted by atomic mass is 9.97. The standard InChI is InChI=1S/C12H13Br/c13-9-3-5-11-8-7-10-4-1-2-6-12(10)11/h1-2,4,6-8,11H,3,5,9H2. The molecule has 0 aliphatic heterocycles. The van der Waals surface area contributed by atoms with Gasteiger partial charge in [0, 0.05) is 11.2 Å². The second kappa shape index (κ2) is 4.10. The van der Waals surface area contributed by atoms with Crippen molar-refractivity contribution in [3.8, 4) is 0 Å². The Balaban J connectivity index is 2.14. The fourth-order valence-electron chi connectivity index (χ4n) is 1.87. The minimum absolute atomic E-state index is 0.661. The zero-order valence-corrected chi connectivity index (χ0v) is 9.13. The molecule has 1 atom stereocenters. The van der Waals surface area contributed by atoms with E-state index in [1.807, 2.05) is 0 Å². The Morgan fingerprint density at radius 2 is 2.08 bits per heavy atom. The van der Waals surface area contributed by atoms with E-state index in [0.717, 1.165) is 5.33 Å². The molecular formula is C12H13Br. The van der Waals surface area contributed by atoms with Crippen molar-refractivity contribution in [1.82, 2.24) is 0 Å². The summed E-state index contributed by atoms with van der Waals surface area (Å²) in [5, 5.41) is 1.11. The summed E-state index contributed by atoms with van der Waals surface area (Å²) in [4.78, 5) is 0. The van der Waals surface area contributed by atoms with Crippen molar-refractivity contribution in [3.63, 3.8) is 0 Å². The van der Waals surface area contributed by atoms with Crippen LogP contribution in [-0.4, -0.2) is 5.33 Å². The lowest BCUT2D eigenvalue weighted by molar-refractivity contribution is 0.734. The maximum Gasteiger partial charge on any atom is 0.00316 e. The van der Waals surface area contributed by atoms with Crippen molar-refractivity contribution in [1.29, 1.82) is 0 Å². The van der Waals surface area contributed by atoms with Gasteiger partial charge in [0.2, 0.25) is 0 Å². The highest BCUT2D eigenvalue weighted by Crippen LogP contribution is 2.32. The number of fused-ring (bicyclic) bond motifs is 1. The summed E-state index contributed by atoms with van der Waals surface area (Å²) in [7, 11) is 0. The first-order valence-electron chi connectivity index (χ1n) is 4.75. The monoisotopic (exact) mass is 236 g/mol. The second-order valence-corrected chi connectivity index (χ2v) is 4.22. The molecule has 1 heteroatoms. The fraction of sp³-hybridized carbons (Fsp3) is 0.333. The molecule has 1 aromatic carbocycles. The smallest absolute Gasteiger partial charge is 0.00316 e. The molecule has 2 rings (SSSR count). The van der Waals surface area contributed by atoms with Crippen LogP contribution in [0, 0.1) is 0 Å². The van der Waals surface area contributed by atoms with Crippen LogP contribution in [0.25, 0.3) is 6.08 Å². The Kier molecular flexibility index (Phi) is 2.84. The van der Waals surface area contributed by atoms with Gasteiger partial charge in [-0.05, 0) is 24.0 Å². The molecule has 1 aliphatic rings. The topological polar surface area (TPSA) is 0 Å². The van der Waals surface area contributed by atoms with E-state index < -0.39 is 0 Å². The molecule has 13 heavy (non-hydrogen) atoms. The first-order valence-corrected chi connectivity index (χ1v) is 5.87. The lowest BCUT2D eigenvalue weighted by Gasteiger charge is -2.08. The molecule has 0 saturated carbocycles. The van der Waals surface area contributed by atoms with E-state index in [-0.39, 0.29) is 0 Å². The van der Waals surface area contributed by atoms with Gasteiger partial charge < -0.3 is 0 Å². The summed E-state index contributed by atoms with van der Waals surface area (Å²) >= 11 is 3.47. The first kappa shape index (κ1) is 9.01. The molecule has 1 unspecified atom stereocenters. The van der Waals surface area contributed by atoms with Crippen LogP contribution in [0.1, 0.15) is 29.9 Å². The van der Waals surface area contributed by atoms with E-state index in [0.29, 0.717) is 5.92 Å². The Labute approximate surface area is 87.8 Å². The van der Waals surface area contributed by atoms with E-state index in [1.165, 1.54) is 24.0 Å². The van der Waals surface area contributed by atoms with Crippen LogP contribution in [0.3, 0.4) is 0 Å². The van der Waals surface area contributed by atoms with Crippen LogP contribution < -0.4 is 0 Å². The molecule has 0 nitrogen and oxygen atoms in total. The van der Waals surface area contributed by atoms with Gasteiger partial charge in [0.15, 0.2) is 0 Å². The number of halogens is 1. The number of alkyl halides is 1. The summed E-state index contributed by atoms with van der Waals surface area (Å²) in [6, 6.07) is 8.68. The van der Waals surface area contributed by atoms with Gasteiger partial charge in [0.05, 0.1) is 0 Å². The van der Waals surface area contributed by atoms with Gasteiger partial charge in [-0.25, -0.2) is 0 Å². The maximum atomic E-state index is 3.47. The Morgan fingerprint density at radius 1 is 1.23 bits per heavy atom. The molecule has 0 spiro atoms. The summed E-state index contributed by atoms with van der Waals surface area (Å²) in [5.74, 6) is 0.661. The van der Waals surface area contributed by atoms with Crippen LogP contribution in [-0.2, 0) is 0 Å². The molecule has 0 bridgehead atoms. The van der Waals surface area contributed by atoms with Crippen molar-refractivity contribution >= 4 is 22.0 Å². The SMILES string of the molecule is BrCCCC1C=Cc2ccccc21. The Hall–Kier alpha value is -0.560. The molecule has 1 aliphatic carbocycles. The third kappa shape index (κ3) is 1.86. The van der Waals surface area contributed by atoms with Gasteiger partial charge in [0.25, 0.3) is 0 Å². The number of rotatable bonds is 3. The number of hydrogen-bond acceptors (Lipinski definition) is 0. The largest absolute Gasteiger partial charge is 0.0928 e. The molecule has 68 valence electrons. The summed E-state index contributed by atoms with van der Waals surface area (Å²) in [6.07, 6.45) is 7.09. The van der Waals surface area contributed by atoms with E-state index in [2.05, 4.69) is 52.3 Å². The molecular weight excluding hydrogens is 224 g/mol. The van der Waals surface area contributed by atoms with E-state index in [1.54, 1.807) is 0 Å². The molecule has 0 heterocycles. The predicted molar refractivity (Wildman–Crippen MR) is 61.2 cm³/mol. The molecule has 0 amide bonds. The molecule has 0 N–H and O–H groups in total. The zero-order valence-electron chi connectivity index (χ0n) is 7.54. The lowest BCUT2D eigenvalue weighted by Crippen LogP contribution is -1.93. The third-order valence-corrected chi connectivity index (χ3v) is 3.11. The third-order valence-electron chi connectivity index (χ3n) is 2.55. The van der Waals surface area contributed by atoms with E-state index in [4.69, 9.17) is 0 Å². The summed E-state index contributed by atoms with van der Waals surface area (Å²) in [6.45, 7) is 0. The Morgan fingerprint density at radius 3 is 2.92 bits per heavy atom.